The van der Waals surface area contributed by atoms with Gasteiger partial charge in [0, 0.05) is 5.92 Å². The Bertz CT molecular complexity index is 501. The second-order valence-corrected chi connectivity index (χ2v) is 7.06. The Morgan fingerprint density at radius 2 is 1.08 bits per heavy atom. The fraction of sp³-hybridized carbons (Fsp3) is 0.500. The molecule has 2 aromatic carbocycles. The van der Waals surface area contributed by atoms with Gasteiger partial charge >= 0.3 is 0 Å². The monoisotopic (exact) mass is 337 g/mol. The molecule has 1 heteroatoms. The summed E-state index contributed by atoms with van der Waals surface area (Å²) in [5.41, 5.74) is 2.89. The van der Waals surface area contributed by atoms with E-state index in [-0.39, 0.29) is 0 Å². The Morgan fingerprint density at radius 1 is 0.640 bits per heavy atom. The van der Waals surface area contributed by atoms with Crippen LogP contribution < -0.4 is 0 Å². The fourth-order valence-electron chi connectivity index (χ4n) is 3.51. The van der Waals surface area contributed by atoms with Gasteiger partial charge in [-0.15, -0.1) is 0 Å². The Kier molecular flexibility index (Phi) is 9.36. The van der Waals surface area contributed by atoms with E-state index in [0.29, 0.717) is 5.92 Å². The highest BCUT2D eigenvalue weighted by molar-refractivity contribution is 5.32. The van der Waals surface area contributed by atoms with Gasteiger partial charge in [-0.05, 0) is 56.4 Å². The van der Waals surface area contributed by atoms with Gasteiger partial charge < -0.3 is 4.90 Å². The van der Waals surface area contributed by atoms with Crippen LogP contribution in [0.2, 0.25) is 0 Å². The summed E-state index contributed by atoms with van der Waals surface area (Å²) in [4.78, 5) is 2.68. The topological polar surface area (TPSA) is 3.24 Å². The van der Waals surface area contributed by atoms with Crippen molar-refractivity contribution in [2.45, 2.75) is 58.3 Å². The van der Waals surface area contributed by atoms with Crippen LogP contribution in [0.15, 0.2) is 60.7 Å². The van der Waals surface area contributed by atoms with Crippen LogP contribution in [-0.2, 0) is 0 Å². The molecule has 0 aliphatic carbocycles. The van der Waals surface area contributed by atoms with Crippen LogP contribution in [0.4, 0.5) is 0 Å². The summed E-state index contributed by atoms with van der Waals surface area (Å²) in [6.45, 7) is 8.34. The zero-order chi connectivity index (χ0) is 17.7. The van der Waals surface area contributed by atoms with E-state index >= 15 is 0 Å². The molecule has 0 radical (unpaired) electrons. The second kappa shape index (κ2) is 11.9. The summed E-state index contributed by atoms with van der Waals surface area (Å²) < 4.78 is 0. The molecular formula is C24H35N. The van der Waals surface area contributed by atoms with Gasteiger partial charge in [0.15, 0.2) is 0 Å². The van der Waals surface area contributed by atoms with Gasteiger partial charge in [-0.3, -0.25) is 0 Å². The van der Waals surface area contributed by atoms with Gasteiger partial charge in [-0.2, -0.15) is 0 Å². The minimum atomic E-state index is 0.515. The summed E-state index contributed by atoms with van der Waals surface area (Å²) in [5, 5.41) is 0. The fourth-order valence-corrected chi connectivity index (χ4v) is 3.51. The first-order chi connectivity index (χ1) is 12.3. The highest BCUT2D eigenvalue weighted by Crippen LogP contribution is 2.29. The van der Waals surface area contributed by atoms with E-state index in [2.05, 4.69) is 79.4 Å². The lowest BCUT2D eigenvalue weighted by atomic mass is 9.87. The number of benzene rings is 2. The highest BCUT2D eigenvalue weighted by Gasteiger charge is 2.14. The van der Waals surface area contributed by atoms with Crippen LogP contribution >= 0.6 is 0 Å². The minimum Gasteiger partial charge on any atom is -0.303 e. The smallest absolute Gasteiger partial charge is 0.00898 e. The first-order valence-corrected chi connectivity index (χ1v) is 10.2. The van der Waals surface area contributed by atoms with Crippen molar-refractivity contribution >= 4 is 0 Å². The zero-order valence-corrected chi connectivity index (χ0v) is 16.2. The van der Waals surface area contributed by atoms with Crippen molar-refractivity contribution in [2.75, 3.05) is 19.6 Å². The van der Waals surface area contributed by atoms with Crippen LogP contribution in [0.3, 0.4) is 0 Å². The van der Waals surface area contributed by atoms with Crippen molar-refractivity contribution in [1.29, 1.82) is 0 Å². The largest absolute Gasteiger partial charge is 0.303 e. The van der Waals surface area contributed by atoms with E-state index in [9.17, 15) is 0 Å². The summed E-state index contributed by atoms with van der Waals surface area (Å²) in [6.07, 6.45) is 7.72. The van der Waals surface area contributed by atoms with Gasteiger partial charge in [-0.1, -0.05) is 87.4 Å². The molecule has 1 nitrogen and oxygen atoms in total. The molecule has 0 aliphatic heterocycles. The molecule has 0 atom stereocenters. The van der Waals surface area contributed by atoms with Gasteiger partial charge in [0.25, 0.3) is 0 Å². The molecule has 0 bridgehead atoms. The van der Waals surface area contributed by atoms with Crippen LogP contribution in [0.5, 0.6) is 0 Å². The molecule has 0 amide bonds. The first-order valence-electron chi connectivity index (χ1n) is 10.2. The minimum absolute atomic E-state index is 0.515. The molecule has 2 aromatic rings. The zero-order valence-electron chi connectivity index (χ0n) is 16.2. The molecular weight excluding hydrogens is 302 g/mol. The van der Waals surface area contributed by atoms with Crippen molar-refractivity contribution in [2.24, 2.45) is 0 Å². The molecule has 0 N–H and O–H groups in total. The standard InChI is InChI=1S/C24H35N/c1-3-5-19-25(20-6-4-2)21-13-18-24(22-14-9-7-10-15-22)23-16-11-8-12-17-23/h7-12,14-17,24H,3-6,13,18-21H2,1-2H3. The molecule has 0 saturated carbocycles. The third kappa shape index (κ3) is 7.04. The predicted octanol–water partition coefficient (Wildman–Crippen LogP) is 6.50. The maximum atomic E-state index is 2.68. The Morgan fingerprint density at radius 3 is 1.52 bits per heavy atom. The van der Waals surface area contributed by atoms with E-state index in [1.165, 1.54) is 69.3 Å². The van der Waals surface area contributed by atoms with Gasteiger partial charge in [0.05, 0.1) is 0 Å². The van der Waals surface area contributed by atoms with Gasteiger partial charge in [0.2, 0.25) is 0 Å². The molecule has 0 fully saturated rings. The lowest BCUT2D eigenvalue weighted by Crippen LogP contribution is -2.27. The van der Waals surface area contributed by atoms with Crippen LogP contribution in [0, 0.1) is 0 Å². The van der Waals surface area contributed by atoms with Crippen LogP contribution in [-0.4, -0.2) is 24.5 Å². The highest BCUT2D eigenvalue weighted by atomic mass is 15.1. The van der Waals surface area contributed by atoms with E-state index in [0.717, 1.165) is 0 Å². The Balaban J connectivity index is 1.97. The molecule has 0 aliphatic rings. The maximum absolute atomic E-state index is 2.68. The van der Waals surface area contributed by atoms with Crippen LogP contribution in [0.1, 0.15) is 69.4 Å². The number of hydrogen-bond acceptors (Lipinski definition) is 1. The van der Waals surface area contributed by atoms with Crippen molar-refractivity contribution in [3.05, 3.63) is 71.8 Å². The summed E-state index contributed by atoms with van der Waals surface area (Å²) in [5.74, 6) is 0.515. The molecule has 0 aromatic heterocycles. The second-order valence-electron chi connectivity index (χ2n) is 7.06. The summed E-state index contributed by atoms with van der Waals surface area (Å²) >= 11 is 0. The van der Waals surface area contributed by atoms with E-state index < -0.39 is 0 Å². The number of hydrogen-bond donors (Lipinski definition) is 0. The lowest BCUT2D eigenvalue weighted by Gasteiger charge is -2.24. The molecule has 0 heterocycles. The number of rotatable bonds is 12. The molecule has 25 heavy (non-hydrogen) atoms. The third-order valence-electron chi connectivity index (χ3n) is 5.03. The van der Waals surface area contributed by atoms with Gasteiger partial charge in [-0.25, -0.2) is 0 Å². The SMILES string of the molecule is CCCCN(CCCC)CCCC(c1ccccc1)c1ccccc1. The third-order valence-corrected chi connectivity index (χ3v) is 5.03. The quantitative estimate of drug-likeness (QED) is 0.427. The average molecular weight is 338 g/mol. The van der Waals surface area contributed by atoms with Crippen molar-refractivity contribution < 1.29 is 0 Å². The molecule has 0 saturated heterocycles. The average Bonchev–Trinajstić information content (AvgIpc) is 2.68. The molecule has 136 valence electrons. The van der Waals surface area contributed by atoms with Crippen molar-refractivity contribution in [1.82, 2.24) is 4.90 Å². The maximum Gasteiger partial charge on any atom is 0.00898 e. The predicted molar refractivity (Wildman–Crippen MR) is 110 cm³/mol. The summed E-state index contributed by atoms with van der Waals surface area (Å²) in [7, 11) is 0. The normalized spacial score (nSPS) is 11.4. The first kappa shape index (κ1) is 19.7. The molecule has 0 spiro atoms. The Labute approximate surface area is 155 Å². The molecule has 2 rings (SSSR count). The number of unbranched alkanes of at least 4 members (excludes halogenated alkanes) is 2. The van der Waals surface area contributed by atoms with E-state index in [4.69, 9.17) is 0 Å². The van der Waals surface area contributed by atoms with Crippen LogP contribution in [0.25, 0.3) is 0 Å². The van der Waals surface area contributed by atoms with Gasteiger partial charge in [0.1, 0.15) is 0 Å². The molecule has 0 unspecified atom stereocenters. The van der Waals surface area contributed by atoms with Crippen molar-refractivity contribution in [3.8, 4) is 0 Å². The van der Waals surface area contributed by atoms with Crippen molar-refractivity contribution in [3.63, 3.8) is 0 Å². The van der Waals surface area contributed by atoms with E-state index in [1.54, 1.807) is 0 Å². The summed E-state index contributed by atoms with van der Waals surface area (Å²) in [6, 6.07) is 22.0. The lowest BCUT2D eigenvalue weighted by molar-refractivity contribution is 0.258. The van der Waals surface area contributed by atoms with E-state index in [1.807, 2.05) is 0 Å². The number of nitrogens with zero attached hydrogens (tertiary/aromatic N) is 1. The Hall–Kier alpha value is -1.60.